The molecule has 3 heterocycles. The van der Waals surface area contributed by atoms with Gasteiger partial charge in [-0.2, -0.15) is 0 Å². The van der Waals surface area contributed by atoms with Gasteiger partial charge in [0.15, 0.2) is 11.5 Å². The molecule has 134 valence electrons. The second kappa shape index (κ2) is 5.06. The van der Waals surface area contributed by atoms with E-state index in [0.29, 0.717) is 12.2 Å². The first kappa shape index (κ1) is 16.1. The first-order valence-corrected chi connectivity index (χ1v) is 7.98. The minimum Gasteiger partial charge on any atom is -0.492 e. The van der Waals surface area contributed by atoms with Crippen LogP contribution in [0.3, 0.4) is 0 Å². The average Bonchev–Trinajstić information content (AvgIpc) is 3.18. The van der Waals surface area contributed by atoms with Gasteiger partial charge in [-0.05, 0) is 6.92 Å². The summed E-state index contributed by atoms with van der Waals surface area (Å²) in [5.74, 6) is -1.27. The van der Waals surface area contributed by atoms with Crippen LogP contribution in [-0.4, -0.2) is 67.7 Å². The molecular formula is C16H19N3O6. The molecule has 4 atom stereocenters. The van der Waals surface area contributed by atoms with Gasteiger partial charge >= 0.3 is 6.09 Å². The number of carbonyl (C=O) groups is 3. The molecule has 1 amide bonds. The molecule has 25 heavy (non-hydrogen) atoms. The second-order valence-corrected chi connectivity index (χ2v) is 6.58. The first-order chi connectivity index (χ1) is 11.9. The maximum atomic E-state index is 13.0. The highest BCUT2D eigenvalue weighted by Crippen LogP contribution is 2.55. The lowest BCUT2D eigenvalue weighted by Gasteiger charge is -2.39. The average molecular weight is 349 g/mol. The highest BCUT2D eigenvalue weighted by Gasteiger charge is 2.72. The number of nitrogens with two attached hydrogens (primary N) is 1. The van der Waals surface area contributed by atoms with Crippen LogP contribution in [0.2, 0.25) is 0 Å². The molecule has 0 aromatic heterocycles. The monoisotopic (exact) mass is 349 g/mol. The number of nitrogens with one attached hydrogen (secondary N) is 1. The SMILES string of the molecule is COC1=C(C)C(=O)C2=C(C1=O)[C@H](COC(N)=O)[C@]1(OC)[C@@H]3N[C@H]3CN21. The molecule has 0 radical (unpaired) electrons. The number of allylic oxidation sites excluding steroid dienone is 2. The van der Waals surface area contributed by atoms with Crippen molar-refractivity contribution in [2.75, 3.05) is 27.4 Å². The van der Waals surface area contributed by atoms with Crippen LogP contribution in [0.4, 0.5) is 4.79 Å². The molecule has 4 rings (SSSR count). The van der Waals surface area contributed by atoms with Crippen LogP contribution in [0.5, 0.6) is 0 Å². The van der Waals surface area contributed by atoms with Gasteiger partial charge in [-0.3, -0.25) is 9.59 Å². The molecule has 2 fully saturated rings. The summed E-state index contributed by atoms with van der Waals surface area (Å²) in [7, 11) is 2.88. The predicted molar refractivity (Wildman–Crippen MR) is 82.9 cm³/mol. The van der Waals surface area contributed by atoms with Crippen LogP contribution in [0, 0.1) is 5.92 Å². The second-order valence-electron chi connectivity index (χ2n) is 6.58. The summed E-state index contributed by atoms with van der Waals surface area (Å²) >= 11 is 0. The predicted octanol–water partition coefficient (Wildman–Crippen LogP) is -0.963. The van der Waals surface area contributed by atoms with Gasteiger partial charge in [-0.25, -0.2) is 4.79 Å². The molecule has 9 nitrogen and oxygen atoms in total. The molecule has 0 aromatic carbocycles. The summed E-state index contributed by atoms with van der Waals surface area (Å²) in [4.78, 5) is 38.9. The number of fused-ring (bicyclic) bond motifs is 4. The molecule has 0 bridgehead atoms. The Morgan fingerprint density at radius 1 is 1.36 bits per heavy atom. The van der Waals surface area contributed by atoms with E-state index < -0.39 is 17.7 Å². The highest BCUT2D eigenvalue weighted by atomic mass is 16.6. The van der Waals surface area contributed by atoms with Gasteiger partial charge in [0.05, 0.1) is 24.8 Å². The summed E-state index contributed by atoms with van der Waals surface area (Å²) in [5.41, 5.74) is 5.00. The number of rotatable bonds is 4. The van der Waals surface area contributed by atoms with Crippen LogP contribution in [0.15, 0.2) is 22.6 Å². The van der Waals surface area contributed by atoms with E-state index in [-0.39, 0.29) is 47.2 Å². The normalized spacial score (nSPS) is 35.6. The molecular weight excluding hydrogens is 330 g/mol. The maximum absolute atomic E-state index is 13.0. The highest BCUT2D eigenvalue weighted by molar-refractivity contribution is 6.25. The van der Waals surface area contributed by atoms with Crippen LogP contribution in [0.25, 0.3) is 0 Å². The number of nitrogens with zero attached hydrogens (tertiary/aromatic N) is 1. The number of amides is 1. The number of carbonyl (C=O) groups excluding carboxylic acids is 3. The fraction of sp³-hybridized carbons (Fsp3) is 0.562. The van der Waals surface area contributed by atoms with Gasteiger partial charge in [0.1, 0.15) is 6.61 Å². The summed E-state index contributed by atoms with van der Waals surface area (Å²) in [6.45, 7) is 1.96. The molecule has 3 aliphatic heterocycles. The molecule has 9 heteroatoms. The fourth-order valence-electron chi connectivity index (χ4n) is 4.51. The topological polar surface area (TPSA) is 130 Å². The van der Waals surface area contributed by atoms with Crippen LogP contribution in [0.1, 0.15) is 6.92 Å². The summed E-state index contributed by atoms with van der Waals surface area (Å²) in [5, 5.41) is 3.29. The van der Waals surface area contributed by atoms with Crippen molar-refractivity contribution in [1.82, 2.24) is 10.2 Å². The number of hydrogen-bond donors (Lipinski definition) is 2. The summed E-state index contributed by atoms with van der Waals surface area (Å²) in [6.07, 6.45) is -0.946. The van der Waals surface area contributed by atoms with E-state index in [4.69, 9.17) is 19.9 Å². The standard InChI is InChI=1S/C16H19N3O6/c1-6-11(20)10-9(12(21)13(6)23-2)7(5-25-15(17)22)16(24-3)14-8(18-14)4-19(10)16/h7-8,14,18H,4-5H2,1-3H3,(H2,17,22)/t7-,8-,14+,16-/m0/s1. The van der Waals surface area contributed by atoms with E-state index >= 15 is 0 Å². The Bertz CT molecular complexity index is 772. The van der Waals surface area contributed by atoms with Crippen molar-refractivity contribution in [1.29, 1.82) is 0 Å². The smallest absolute Gasteiger partial charge is 0.404 e. The van der Waals surface area contributed by atoms with Crippen molar-refractivity contribution in [3.05, 3.63) is 22.6 Å². The molecule has 0 unspecified atom stereocenters. The summed E-state index contributed by atoms with van der Waals surface area (Å²) < 4.78 is 16.0. The molecule has 2 saturated heterocycles. The third-order valence-corrected chi connectivity index (χ3v) is 5.58. The Kier molecular flexibility index (Phi) is 3.26. The third-order valence-electron chi connectivity index (χ3n) is 5.58. The summed E-state index contributed by atoms with van der Waals surface area (Å²) in [6, 6.07) is 0.109. The molecule has 3 N–H and O–H groups in total. The minimum atomic E-state index is -0.959. The first-order valence-electron chi connectivity index (χ1n) is 7.98. The maximum Gasteiger partial charge on any atom is 0.404 e. The molecule has 4 aliphatic rings. The molecule has 1 aliphatic carbocycles. The van der Waals surface area contributed by atoms with Gasteiger partial charge in [0, 0.05) is 30.8 Å². The van der Waals surface area contributed by atoms with Crippen molar-refractivity contribution < 1.29 is 28.6 Å². The van der Waals surface area contributed by atoms with Crippen molar-refractivity contribution in [2.45, 2.75) is 24.7 Å². The number of ether oxygens (including phenoxy) is 3. The van der Waals surface area contributed by atoms with Crippen molar-refractivity contribution in [3.63, 3.8) is 0 Å². The van der Waals surface area contributed by atoms with Crippen LogP contribution in [-0.2, 0) is 23.8 Å². The van der Waals surface area contributed by atoms with Crippen molar-refractivity contribution in [2.24, 2.45) is 11.7 Å². The van der Waals surface area contributed by atoms with Crippen LogP contribution >= 0.6 is 0 Å². The Morgan fingerprint density at radius 3 is 2.68 bits per heavy atom. The number of primary amides is 1. The van der Waals surface area contributed by atoms with Gasteiger partial charge in [-0.1, -0.05) is 0 Å². The van der Waals surface area contributed by atoms with E-state index in [9.17, 15) is 14.4 Å². The zero-order valence-corrected chi connectivity index (χ0v) is 14.1. The number of methoxy groups -OCH3 is 2. The molecule has 0 saturated carbocycles. The lowest BCUT2D eigenvalue weighted by molar-refractivity contribution is -0.137. The lowest BCUT2D eigenvalue weighted by Crippen LogP contribution is -2.55. The number of piperazine rings is 1. The Balaban J connectivity index is 1.84. The van der Waals surface area contributed by atoms with Gasteiger partial charge in [0.25, 0.3) is 0 Å². The quantitative estimate of drug-likeness (QED) is 0.490. The third kappa shape index (κ3) is 1.82. The fourth-order valence-corrected chi connectivity index (χ4v) is 4.51. The molecule has 0 spiro atoms. The lowest BCUT2D eigenvalue weighted by atomic mass is 9.83. The van der Waals surface area contributed by atoms with Crippen molar-refractivity contribution in [3.8, 4) is 0 Å². The van der Waals surface area contributed by atoms with Gasteiger partial charge < -0.3 is 30.2 Å². The minimum absolute atomic E-state index is 0.0144. The van der Waals surface area contributed by atoms with Gasteiger partial charge in [0.2, 0.25) is 11.6 Å². The zero-order chi connectivity index (χ0) is 18.1. The number of ketones is 2. The number of Topliss-reactive ketones (excluding diaryl/α,β-unsaturated/α-hetero) is 2. The molecule has 0 aromatic rings. The Hall–Kier alpha value is -2.39. The van der Waals surface area contributed by atoms with E-state index in [1.807, 2.05) is 4.90 Å². The zero-order valence-electron chi connectivity index (χ0n) is 14.1. The largest absolute Gasteiger partial charge is 0.492 e. The number of hydrogen-bond acceptors (Lipinski definition) is 8. The Morgan fingerprint density at radius 2 is 2.08 bits per heavy atom. The van der Waals surface area contributed by atoms with Crippen LogP contribution < -0.4 is 11.1 Å². The van der Waals surface area contributed by atoms with E-state index in [1.54, 1.807) is 6.92 Å². The Labute approximate surface area is 143 Å². The van der Waals surface area contributed by atoms with E-state index in [2.05, 4.69) is 5.32 Å². The van der Waals surface area contributed by atoms with E-state index in [1.165, 1.54) is 14.2 Å². The van der Waals surface area contributed by atoms with E-state index in [0.717, 1.165) is 0 Å². The van der Waals surface area contributed by atoms with Gasteiger partial charge in [-0.15, -0.1) is 0 Å². The van der Waals surface area contributed by atoms with Crippen molar-refractivity contribution >= 4 is 17.7 Å².